The van der Waals surface area contributed by atoms with Crippen LogP contribution in [-0.2, 0) is 10.0 Å². The third-order valence-corrected chi connectivity index (χ3v) is 7.92. The average molecular weight is 449 g/mol. The van der Waals surface area contributed by atoms with Crippen molar-refractivity contribution >= 4 is 27.3 Å². The molecular formula is C21H18F2N2O3S2. The number of carbonyl (C=O) groups is 1. The van der Waals surface area contributed by atoms with Crippen molar-refractivity contribution in [3.8, 4) is 10.4 Å². The van der Waals surface area contributed by atoms with E-state index in [0.717, 1.165) is 16.5 Å². The van der Waals surface area contributed by atoms with E-state index in [-0.39, 0.29) is 42.8 Å². The summed E-state index contributed by atoms with van der Waals surface area (Å²) >= 11 is 1.31. The van der Waals surface area contributed by atoms with E-state index in [4.69, 9.17) is 0 Å². The summed E-state index contributed by atoms with van der Waals surface area (Å²) in [7, 11) is -3.81. The molecule has 4 rings (SSSR count). The number of carbonyl (C=O) groups excluding carboxylic acids is 1. The zero-order valence-corrected chi connectivity index (χ0v) is 17.4. The van der Waals surface area contributed by atoms with Gasteiger partial charge in [0.05, 0.1) is 9.77 Å². The lowest BCUT2D eigenvalue weighted by atomic mass is 10.2. The summed E-state index contributed by atoms with van der Waals surface area (Å²) in [5, 5.41) is 0. The van der Waals surface area contributed by atoms with Crippen molar-refractivity contribution in [3.05, 3.63) is 77.2 Å². The quantitative estimate of drug-likeness (QED) is 0.609. The SMILES string of the molecule is O=C(c1ccc(-c2ccc(F)cc2)s1)N1CCN(S(=O)(=O)c2cccc(F)c2)CC1. The molecule has 1 aromatic heterocycles. The summed E-state index contributed by atoms with van der Waals surface area (Å²) in [6, 6.07) is 14.5. The highest BCUT2D eigenvalue weighted by molar-refractivity contribution is 7.89. The van der Waals surface area contributed by atoms with Gasteiger partial charge in [0.15, 0.2) is 0 Å². The summed E-state index contributed by atoms with van der Waals surface area (Å²) in [4.78, 5) is 15.7. The largest absolute Gasteiger partial charge is 0.335 e. The Kier molecular flexibility index (Phi) is 5.68. The molecule has 0 radical (unpaired) electrons. The van der Waals surface area contributed by atoms with E-state index in [0.29, 0.717) is 4.88 Å². The molecule has 0 saturated carbocycles. The van der Waals surface area contributed by atoms with Gasteiger partial charge < -0.3 is 4.90 Å². The molecule has 30 heavy (non-hydrogen) atoms. The number of piperazine rings is 1. The molecule has 3 aromatic rings. The van der Waals surface area contributed by atoms with Gasteiger partial charge in [0.2, 0.25) is 10.0 Å². The number of sulfonamides is 1. The third kappa shape index (κ3) is 4.14. The average Bonchev–Trinajstić information content (AvgIpc) is 3.24. The predicted molar refractivity (Wildman–Crippen MR) is 111 cm³/mol. The number of halogens is 2. The van der Waals surface area contributed by atoms with Crippen LogP contribution in [0.3, 0.4) is 0 Å². The van der Waals surface area contributed by atoms with Gasteiger partial charge in [-0.15, -0.1) is 11.3 Å². The van der Waals surface area contributed by atoms with Gasteiger partial charge in [-0.2, -0.15) is 4.31 Å². The van der Waals surface area contributed by atoms with Crippen LogP contribution >= 0.6 is 11.3 Å². The molecule has 1 aliphatic heterocycles. The van der Waals surface area contributed by atoms with Gasteiger partial charge in [0.25, 0.3) is 5.91 Å². The van der Waals surface area contributed by atoms with Crippen molar-refractivity contribution in [2.75, 3.05) is 26.2 Å². The van der Waals surface area contributed by atoms with Gasteiger partial charge in [0, 0.05) is 31.1 Å². The molecule has 2 aromatic carbocycles. The zero-order chi connectivity index (χ0) is 21.3. The fourth-order valence-electron chi connectivity index (χ4n) is 3.29. The van der Waals surface area contributed by atoms with Crippen LogP contribution in [0.4, 0.5) is 8.78 Å². The molecule has 0 spiro atoms. The molecular weight excluding hydrogens is 430 g/mol. The maximum absolute atomic E-state index is 13.4. The summed E-state index contributed by atoms with van der Waals surface area (Å²) < 4.78 is 53.2. The van der Waals surface area contributed by atoms with Gasteiger partial charge >= 0.3 is 0 Å². The Balaban J connectivity index is 1.43. The van der Waals surface area contributed by atoms with E-state index in [1.165, 1.54) is 46.0 Å². The predicted octanol–water partition coefficient (Wildman–Crippen LogP) is 3.84. The highest BCUT2D eigenvalue weighted by Gasteiger charge is 2.31. The van der Waals surface area contributed by atoms with Crippen molar-refractivity contribution in [1.29, 1.82) is 0 Å². The number of thiophene rings is 1. The Morgan fingerprint density at radius 3 is 2.23 bits per heavy atom. The molecule has 0 aliphatic carbocycles. The van der Waals surface area contributed by atoms with Crippen molar-refractivity contribution in [1.82, 2.24) is 9.21 Å². The molecule has 1 fully saturated rings. The Bertz CT molecular complexity index is 1170. The summed E-state index contributed by atoms with van der Waals surface area (Å²) in [5.41, 5.74) is 0.825. The third-order valence-electron chi connectivity index (χ3n) is 4.91. The molecule has 9 heteroatoms. The van der Waals surface area contributed by atoms with Gasteiger partial charge in [-0.25, -0.2) is 17.2 Å². The van der Waals surface area contributed by atoms with Crippen LogP contribution in [0.1, 0.15) is 9.67 Å². The molecule has 0 unspecified atom stereocenters. The molecule has 5 nitrogen and oxygen atoms in total. The number of benzene rings is 2. The minimum absolute atomic E-state index is 0.0931. The Morgan fingerprint density at radius 1 is 0.867 bits per heavy atom. The first-order chi connectivity index (χ1) is 14.3. The minimum atomic E-state index is -3.81. The standard InChI is InChI=1S/C21H18F2N2O3S2/c22-16-6-4-15(5-7-16)19-8-9-20(29-19)21(26)24-10-12-25(13-11-24)30(27,28)18-3-1-2-17(23)14-18/h1-9,14H,10-13H2. The van der Waals surface area contributed by atoms with Crippen molar-refractivity contribution < 1.29 is 22.0 Å². The molecule has 0 N–H and O–H groups in total. The van der Waals surface area contributed by atoms with Crippen LogP contribution in [0.5, 0.6) is 0 Å². The second-order valence-electron chi connectivity index (χ2n) is 6.82. The van der Waals surface area contributed by atoms with Gasteiger partial charge in [0.1, 0.15) is 11.6 Å². The lowest BCUT2D eigenvalue weighted by Crippen LogP contribution is -2.50. The molecule has 0 bridgehead atoms. The molecule has 156 valence electrons. The maximum atomic E-state index is 13.4. The van der Waals surface area contributed by atoms with Gasteiger partial charge in [-0.05, 0) is 48.0 Å². The Labute approximate surface area is 177 Å². The van der Waals surface area contributed by atoms with Crippen LogP contribution in [0.25, 0.3) is 10.4 Å². The molecule has 2 heterocycles. The van der Waals surface area contributed by atoms with Crippen LogP contribution in [0.2, 0.25) is 0 Å². The van der Waals surface area contributed by atoms with Crippen LogP contribution in [-0.4, -0.2) is 49.7 Å². The number of hydrogen-bond acceptors (Lipinski definition) is 4. The highest BCUT2D eigenvalue weighted by Crippen LogP contribution is 2.29. The maximum Gasteiger partial charge on any atom is 0.264 e. The van der Waals surface area contributed by atoms with E-state index in [2.05, 4.69) is 0 Å². The second-order valence-corrected chi connectivity index (χ2v) is 9.85. The lowest BCUT2D eigenvalue weighted by Gasteiger charge is -2.33. The van der Waals surface area contributed by atoms with Gasteiger partial charge in [-0.3, -0.25) is 4.79 Å². The fraction of sp³-hybridized carbons (Fsp3) is 0.190. The monoisotopic (exact) mass is 448 g/mol. The normalized spacial score (nSPS) is 15.3. The summed E-state index contributed by atoms with van der Waals surface area (Å²) in [6.07, 6.45) is 0. The van der Waals surface area contributed by atoms with Gasteiger partial charge in [-0.1, -0.05) is 18.2 Å². The molecule has 1 saturated heterocycles. The van der Waals surface area contributed by atoms with E-state index in [1.807, 2.05) is 6.07 Å². The van der Waals surface area contributed by atoms with Crippen molar-refractivity contribution in [3.63, 3.8) is 0 Å². The van der Waals surface area contributed by atoms with Crippen LogP contribution < -0.4 is 0 Å². The highest BCUT2D eigenvalue weighted by atomic mass is 32.2. The second kappa shape index (κ2) is 8.25. The van der Waals surface area contributed by atoms with Crippen molar-refractivity contribution in [2.45, 2.75) is 4.90 Å². The Hall–Kier alpha value is -2.62. The van der Waals surface area contributed by atoms with Crippen molar-refractivity contribution in [2.24, 2.45) is 0 Å². The smallest absolute Gasteiger partial charge is 0.264 e. The first kappa shape index (κ1) is 20.6. The molecule has 1 amide bonds. The fourth-order valence-corrected chi connectivity index (χ4v) is 5.72. The number of rotatable bonds is 4. The Morgan fingerprint density at radius 2 is 1.57 bits per heavy atom. The van der Waals surface area contributed by atoms with E-state index in [9.17, 15) is 22.0 Å². The molecule has 1 aliphatic rings. The topological polar surface area (TPSA) is 57.7 Å². The zero-order valence-electron chi connectivity index (χ0n) is 15.8. The van der Waals surface area contributed by atoms with Crippen LogP contribution in [0.15, 0.2) is 65.6 Å². The summed E-state index contributed by atoms with van der Waals surface area (Å²) in [6.45, 7) is 0.774. The van der Waals surface area contributed by atoms with Crippen LogP contribution in [0, 0.1) is 11.6 Å². The first-order valence-electron chi connectivity index (χ1n) is 9.25. The lowest BCUT2D eigenvalue weighted by molar-refractivity contribution is 0.0703. The van der Waals surface area contributed by atoms with E-state index < -0.39 is 15.8 Å². The number of amides is 1. The summed E-state index contributed by atoms with van der Waals surface area (Å²) in [5.74, 6) is -1.10. The first-order valence-corrected chi connectivity index (χ1v) is 11.5. The number of nitrogens with zero attached hydrogens (tertiary/aromatic N) is 2. The van der Waals surface area contributed by atoms with E-state index in [1.54, 1.807) is 23.1 Å². The number of hydrogen-bond donors (Lipinski definition) is 0. The van der Waals surface area contributed by atoms with E-state index >= 15 is 0 Å². The molecule has 0 atom stereocenters. The minimum Gasteiger partial charge on any atom is -0.335 e.